The molecule has 1 atom stereocenters. The van der Waals surface area contributed by atoms with Gasteiger partial charge in [0.15, 0.2) is 5.76 Å². The maximum atomic E-state index is 12.2. The Morgan fingerprint density at radius 1 is 1.27 bits per heavy atom. The van der Waals surface area contributed by atoms with E-state index in [9.17, 15) is 9.59 Å². The average Bonchev–Trinajstić information content (AvgIpc) is 2.54. The molecular formula is C18H23NO3. The van der Waals surface area contributed by atoms with Crippen molar-refractivity contribution in [1.82, 2.24) is 5.32 Å². The summed E-state index contributed by atoms with van der Waals surface area (Å²) in [6.45, 7) is 4.91. The highest BCUT2D eigenvalue weighted by atomic mass is 16.4. The largest absolute Gasteiger partial charge is 0.417 e. The molecule has 22 heavy (non-hydrogen) atoms. The third-order valence-electron chi connectivity index (χ3n) is 3.99. The molecule has 0 aliphatic rings. The number of nitrogens with one attached hydrogen (secondary N) is 1. The molecule has 4 heteroatoms. The molecule has 0 bridgehead atoms. The summed E-state index contributed by atoms with van der Waals surface area (Å²) in [7, 11) is 0. The molecule has 0 fully saturated rings. The van der Waals surface area contributed by atoms with Gasteiger partial charge in [0, 0.05) is 6.54 Å². The first kappa shape index (κ1) is 16.3. The lowest BCUT2D eigenvalue weighted by Crippen LogP contribution is -2.29. The third-order valence-corrected chi connectivity index (χ3v) is 3.99. The molecule has 2 aromatic rings. The number of rotatable bonds is 7. The number of amides is 1. The van der Waals surface area contributed by atoms with Gasteiger partial charge in [0.05, 0.1) is 5.39 Å². The van der Waals surface area contributed by atoms with Crippen LogP contribution in [0.5, 0.6) is 0 Å². The fourth-order valence-electron chi connectivity index (χ4n) is 2.51. The Morgan fingerprint density at radius 2 is 2.05 bits per heavy atom. The second-order valence-corrected chi connectivity index (χ2v) is 5.61. The molecule has 0 unspecified atom stereocenters. The van der Waals surface area contributed by atoms with Gasteiger partial charge in [-0.3, -0.25) is 4.79 Å². The van der Waals surface area contributed by atoms with Crippen LogP contribution in [0.25, 0.3) is 10.8 Å². The standard InChI is InChI=1S/C18H23NO3/c1-3-5-8-13(4-2)12-19-17(20)16-11-14-9-6-7-10-15(14)18(21)22-16/h6-7,9-11,13H,3-5,8,12H2,1-2H3,(H,19,20)/t13-/m0/s1. The van der Waals surface area contributed by atoms with E-state index in [4.69, 9.17) is 4.42 Å². The SMILES string of the molecule is CCCC[C@H](CC)CNC(=O)c1cc2ccccc2c(=O)o1. The van der Waals surface area contributed by atoms with Crippen molar-refractivity contribution in [2.45, 2.75) is 39.5 Å². The lowest BCUT2D eigenvalue weighted by Gasteiger charge is -2.14. The van der Waals surface area contributed by atoms with Crippen LogP contribution in [0.3, 0.4) is 0 Å². The quantitative estimate of drug-likeness (QED) is 0.847. The Bertz CT molecular complexity index is 690. The lowest BCUT2D eigenvalue weighted by atomic mass is 9.99. The minimum Gasteiger partial charge on any atom is -0.417 e. The summed E-state index contributed by atoms with van der Waals surface area (Å²) >= 11 is 0. The summed E-state index contributed by atoms with van der Waals surface area (Å²) in [6.07, 6.45) is 4.46. The number of hydrogen-bond donors (Lipinski definition) is 1. The number of carbonyl (C=O) groups is 1. The molecule has 1 N–H and O–H groups in total. The van der Waals surface area contributed by atoms with Crippen molar-refractivity contribution in [3.63, 3.8) is 0 Å². The van der Waals surface area contributed by atoms with Crippen molar-refractivity contribution in [2.24, 2.45) is 5.92 Å². The molecule has 0 radical (unpaired) electrons. The number of carbonyl (C=O) groups excluding carboxylic acids is 1. The van der Waals surface area contributed by atoms with E-state index >= 15 is 0 Å². The van der Waals surface area contributed by atoms with Crippen LogP contribution in [0, 0.1) is 5.92 Å². The molecule has 0 saturated heterocycles. The number of unbranched alkanes of at least 4 members (excludes halogenated alkanes) is 1. The highest BCUT2D eigenvalue weighted by Crippen LogP contribution is 2.13. The van der Waals surface area contributed by atoms with Crippen LogP contribution in [0.1, 0.15) is 50.1 Å². The van der Waals surface area contributed by atoms with E-state index in [1.54, 1.807) is 24.3 Å². The monoisotopic (exact) mass is 301 g/mol. The molecule has 1 aromatic heterocycles. The molecule has 1 heterocycles. The van der Waals surface area contributed by atoms with Gasteiger partial charge in [-0.15, -0.1) is 0 Å². The van der Waals surface area contributed by atoms with Crippen molar-refractivity contribution in [2.75, 3.05) is 6.54 Å². The van der Waals surface area contributed by atoms with Gasteiger partial charge >= 0.3 is 5.63 Å². The van der Waals surface area contributed by atoms with E-state index in [0.29, 0.717) is 17.8 Å². The van der Waals surface area contributed by atoms with Gasteiger partial charge in [-0.2, -0.15) is 0 Å². The average molecular weight is 301 g/mol. The molecule has 118 valence electrons. The van der Waals surface area contributed by atoms with Crippen LogP contribution < -0.4 is 10.9 Å². The molecule has 0 saturated carbocycles. The van der Waals surface area contributed by atoms with Crippen molar-refractivity contribution >= 4 is 16.7 Å². The van der Waals surface area contributed by atoms with Crippen LogP contribution in [0.2, 0.25) is 0 Å². The Balaban J connectivity index is 2.08. The summed E-state index contributed by atoms with van der Waals surface area (Å²) in [5.41, 5.74) is -0.471. The van der Waals surface area contributed by atoms with Crippen molar-refractivity contribution in [1.29, 1.82) is 0 Å². The van der Waals surface area contributed by atoms with Crippen LogP contribution >= 0.6 is 0 Å². The van der Waals surface area contributed by atoms with Gasteiger partial charge in [0.25, 0.3) is 5.91 Å². The smallest absolute Gasteiger partial charge is 0.344 e. The Labute approximate surface area is 130 Å². The van der Waals surface area contributed by atoms with Gasteiger partial charge in [0.1, 0.15) is 0 Å². The maximum Gasteiger partial charge on any atom is 0.344 e. The molecule has 2 rings (SSSR count). The number of hydrogen-bond acceptors (Lipinski definition) is 3. The first-order chi connectivity index (χ1) is 10.7. The first-order valence-electron chi connectivity index (χ1n) is 7.96. The molecular weight excluding hydrogens is 278 g/mol. The summed E-state index contributed by atoms with van der Waals surface area (Å²) < 4.78 is 5.13. The van der Waals surface area contributed by atoms with Crippen LogP contribution in [-0.4, -0.2) is 12.5 Å². The summed E-state index contributed by atoms with van der Waals surface area (Å²) in [6, 6.07) is 8.73. The Morgan fingerprint density at radius 3 is 2.77 bits per heavy atom. The molecule has 0 aliphatic heterocycles. The van der Waals surface area contributed by atoms with Gasteiger partial charge in [-0.25, -0.2) is 4.79 Å². The Kier molecular flexibility index (Phi) is 5.75. The van der Waals surface area contributed by atoms with E-state index in [2.05, 4.69) is 19.2 Å². The van der Waals surface area contributed by atoms with E-state index < -0.39 is 5.63 Å². The second kappa shape index (κ2) is 7.78. The second-order valence-electron chi connectivity index (χ2n) is 5.61. The van der Waals surface area contributed by atoms with Crippen molar-refractivity contribution in [3.8, 4) is 0 Å². The predicted octanol–water partition coefficient (Wildman–Crippen LogP) is 3.74. The zero-order valence-electron chi connectivity index (χ0n) is 13.2. The summed E-state index contributed by atoms with van der Waals surface area (Å²) in [5, 5.41) is 4.10. The van der Waals surface area contributed by atoms with Crippen LogP contribution in [-0.2, 0) is 0 Å². The van der Waals surface area contributed by atoms with Gasteiger partial charge in [-0.05, 0) is 29.9 Å². The van der Waals surface area contributed by atoms with E-state index in [1.807, 2.05) is 6.07 Å². The molecule has 0 spiro atoms. The van der Waals surface area contributed by atoms with Gasteiger partial charge < -0.3 is 9.73 Å². The number of fused-ring (bicyclic) bond motifs is 1. The molecule has 0 aliphatic carbocycles. The van der Waals surface area contributed by atoms with Crippen LogP contribution in [0.15, 0.2) is 39.5 Å². The van der Waals surface area contributed by atoms with Gasteiger partial charge in [-0.1, -0.05) is 51.3 Å². The fourth-order valence-corrected chi connectivity index (χ4v) is 2.51. The molecule has 1 aromatic carbocycles. The topological polar surface area (TPSA) is 59.3 Å². The van der Waals surface area contributed by atoms with Crippen LogP contribution in [0.4, 0.5) is 0 Å². The lowest BCUT2D eigenvalue weighted by molar-refractivity contribution is 0.0914. The summed E-state index contributed by atoms with van der Waals surface area (Å²) in [4.78, 5) is 24.1. The summed E-state index contributed by atoms with van der Waals surface area (Å²) in [5.74, 6) is 0.225. The van der Waals surface area contributed by atoms with E-state index in [0.717, 1.165) is 24.6 Å². The highest BCUT2D eigenvalue weighted by molar-refractivity contribution is 5.95. The van der Waals surface area contributed by atoms with E-state index in [1.165, 1.54) is 6.42 Å². The normalized spacial score (nSPS) is 12.3. The number of benzene rings is 1. The highest BCUT2D eigenvalue weighted by Gasteiger charge is 2.13. The third kappa shape index (κ3) is 3.97. The van der Waals surface area contributed by atoms with Crippen molar-refractivity contribution < 1.29 is 9.21 Å². The van der Waals surface area contributed by atoms with E-state index in [-0.39, 0.29) is 11.7 Å². The zero-order valence-corrected chi connectivity index (χ0v) is 13.2. The molecule has 1 amide bonds. The first-order valence-corrected chi connectivity index (χ1v) is 7.96. The molecule has 4 nitrogen and oxygen atoms in total. The van der Waals surface area contributed by atoms with Crippen molar-refractivity contribution in [3.05, 3.63) is 46.5 Å². The predicted molar refractivity (Wildman–Crippen MR) is 88.1 cm³/mol. The fraction of sp³-hybridized carbons (Fsp3) is 0.444. The minimum absolute atomic E-state index is 0.0778. The zero-order chi connectivity index (χ0) is 15.9. The Hall–Kier alpha value is -2.10. The van der Waals surface area contributed by atoms with Gasteiger partial charge in [0.2, 0.25) is 0 Å². The maximum absolute atomic E-state index is 12.2. The minimum atomic E-state index is -0.471.